The molecule has 0 aliphatic carbocycles. The molecule has 1 N–H and O–H groups in total. The zero-order valence-corrected chi connectivity index (χ0v) is 13.4. The van der Waals surface area contributed by atoms with Crippen LogP contribution in [0.5, 0.6) is 0 Å². The van der Waals surface area contributed by atoms with Crippen molar-refractivity contribution in [1.29, 1.82) is 0 Å². The van der Waals surface area contributed by atoms with Gasteiger partial charge in [0, 0.05) is 17.3 Å². The molecule has 0 aliphatic rings. The maximum Gasteiger partial charge on any atom is 0.234 e. The second-order valence-electron chi connectivity index (χ2n) is 5.13. The molecular weight excluding hydrogens is 330 g/mol. The Hall–Kier alpha value is -2.47. The Morgan fingerprint density at radius 2 is 1.88 bits per heavy atom. The monoisotopic (exact) mass is 344 g/mol. The topological polar surface area (TPSA) is 42.0 Å². The van der Waals surface area contributed by atoms with Crippen molar-refractivity contribution in [3.8, 4) is 0 Å². The normalized spacial score (nSPS) is 10.8. The molecule has 2 aromatic carbocycles. The van der Waals surface area contributed by atoms with E-state index in [4.69, 9.17) is 0 Å². The molecule has 3 nitrogen and oxygen atoms in total. The Morgan fingerprint density at radius 1 is 1.04 bits per heavy atom. The van der Waals surface area contributed by atoms with E-state index >= 15 is 0 Å². The number of thioether (sulfide) groups is 1. The highest BCUT2D eigenvalue weighted by Crippen LogP contribution is 2.23. The highest BCUT2D eigenvalue weighted by Gasteiger charge is 2.09. The van der Waals surface area contributed by atoms with Crippen LogP contribution in [0, 0.1) is 11.6 Å². The van der Waals surface area contributed by atoms with Crippen LogP contribution in [0.3, 0.4) is 0 Å². The summed E-state index contributed by atoms with van der Waals surface area (Å²) < 4.78 is 27.2. The molecule has 0 unspecified atom stereocenters. The predicted octanol–water partition coefficient (Wildman–Crippen LogP) is 4.38. The first-order valence-corrected chi connectivity index (χ1v) is 8.45. The van der Waals surface area contributed by atoms with Crippen LogP contribution >= 0.6 is 11.8 Å². The highest BCUT2D eigenvalue weighted by molar-refractivity contribution is 7.99. The van der Waals surface area contributed by atoms with Crippen LogP contribution in [-0.2, 0) is 10.5 Å². The number of hydrogen-bond acceptors (Lipinski definition) is 3. The lowest BCUT2D eigenvalue weighted by Crippen LogP contribution is -2.15. The summed E-state index contributed by atoms with van der Waals surface area (Å²) in [4.78, 5) is 16.1. The SMILES string of the molecule is O=C(CSCc1ccc(F)c2cccnc12)Nc1ccccc1F. The number of amides is 1. The molecule has 0 radical (unpaired) electrons. The van der Waals surface area contributed by atoms with Gasteiger partial charge in [-0.25, -0.2) is 8.78 Å². The largest absolute Gasteiger partial charge is 0.323 e. The number of nitrogens with zero attached hydrogens (tertiary/aromatic N) is 1. The third-order valence-corrected chi connectivity index (χ3v) is 4.42. The lowest BCUT2D eigenvalue weighted by molar-refractivity contribution is -0.113. The van der Waals surface area contributed by atoms with E-state index < -0.39 is 5.82 Å². The first kappa shape index (κ1) is 16.4. The molecular formula is C18H14F2N2OS. The van der Waals surface area contributed by atoms with Gasteiger partial charge < -0.3 is 5.32 Å². The van der Waals surface area contributed by atoms with Gasteiger partial charge in [0.25, 0.3) is 0 Å². The number of rotatable bonds is 5. The van der Waals surface area contributed by atoms with E-state index in [-0.39, 0.29) is 23.2 Å². The molecule has 0 fully saturated rings. The standard InChI is InChI=1S/C18H14F2N2OS/c19-14-8-7-12(18-13(14)4-3-9-21-18)10-24-11-17(23)22-16-6-2-1-5-15(16)20/h1-9H,10-11H2,(H,22,23). The van der Waals surface area contributed by atoms with Gasteiger partial charge >= 0.3 is 0 Å². The van der Waals surface area contributed by atoms with Crippen LogP contribution in [0.15, 0.2) is 54.7 Å². The number of carbonyl (C=O) groups is 1. The summed E-state index contributed by atoms with van der Waals surface area (Å²) in [6.45, 7) is 0. The summed E-state index contributed by atoms with van der Waals surface area (Å²) in [7, 11) is 0. The van der Waals surface area contributed by atoms with Crippen LogP contribution < -0.4 is 5.32 Å². The molecule has 1 heterocycles. The second kappa shape index (κ2) is 7.40. The molecule has 0 aliphatic heterocycles. The Kier molecular flexibility index (Phi) is 5.05. The molecule has 0 bridgehead atoms. The molecule has 6 heteroatoms. The van der Waals surface area contributed by atoms with Crippen molar-refractivity contribution in [2.24, 2.45) is 0 Å². The zero-order valence-electron chi connectivity index (χ0n) is 12.6. The van der Waals surface area contributed by atoms with E-state index in [1.165, 1.54) is 30.0 Å². The van der Waals surface area contributed by atoms with Gasteiger partial charge in [-0.05, 0) is 35.9 Å². The lowest BCUT2D eigenvalue weighted by Gasteiger charge is -2.08. The maximum atomic E-state index is 13.8. The van der Waals surface area contributed by atoms with Crippen LogP contribution in [0.25, 0.3) is 10.9 Å². The summed E-state index contributed by atoms with van der Waals surface area (Å²) in [5, 5.41) is 3.00. The van der Waals surface area contributed by atoms with Crippen LogP contribution in [0.2, 0.25) is 0 Å². The number of nitrogens with one attached hydrogen (secondary N) is 1. The first-order chi connectivity index (χ1) is 11.6. The number of fused-ring (bicyclic) bond motifs is 1. The number of carbonyl (C=O) groups excluding carboxylic acids is 1. The molecule has 0 atom stereocenters. The third-order valence-electron chi connectivity index (χ3n) is 3.44. The van der Waals surface area contributed by atoms with Gasteiger partial charge in [-0.2, -0.15) is 0 Å². The van der Waals surface area contributed by atoms with Crippen molar-refractivity contribution in [3.05, 3.63) is 71.9 Å². The molecule has 0 spiro atoms. The quantitative estimate of drug-likeness (QED) is 0.747. The van der Waals surface area contributed by atoms with Crippen molar-refractivity contribution < 1.29 is 13.6 Å². The van der Waals surface area contributed by atoms with Crippen molar-refractivity contribution >= 4 is 34.3 Å². The number of anilines is 1. The molecule has 0 saturated heterocycles. The Labute approximate surface area is 142 Å². The van der Waals surface area contributed by atoms with Crippen LogP contribution in [-0.4, -0.2) is 16.6 Å². The van der Waals surface area contributed by atoms with Gasteiger partial charge in [0.1, 0.15) is 11.6 Å². The van der Waals surface area contributed by atoms with Gasteiger partial charge in [0.15, 0.2) is 0 Å². The number of hydrogen-bond donors (Lipinski definition) is 1. The summed E-state index contributed by atoms with van der Waals surface area (Å²) in [6, 6.07) is 12.5. The second-order valence-corrected chi connectivity index (χ2v) is 6.11. The van der Waals surface area contributed by atoms with Crippen molar-refractivity contribution in [3.63, 3.8) is 0 Å². The van der Waals surface area contributed by atoms with E-state index in [0.717, 1.165) is 5.56 Å². The fraction of sp³-hybridized carbons (Fsp3) is 0.111. The Balaban J connectivity index is 1.62. The summed E-state index contributed by atoms with van der Waals surface area (Å²) >= 11 is 1.36. The molecule has 3 rings (SSSR count). The molecule has 3 aromatic rings. The highest BCUT2D eigenvalue weighted by atomic mass is 32.2. The van der Waals surface area contributed by atoms with E-state index in [1.807, 2.05) is 0 Å². The minimum atomic E-state index is -0.468. The zero-order chi connectivity index (χ0) is 16.9. The van der Waals surface area contributed by atoms with E-state index in [9.17, 15) is 13.6 Å². The number of aromatic nitrogens is 1. The minimum Gasteiger partial charge on any atom is -0.323 e. The van der Waals surface area contributed by atoms with Gasteiger partial charge in [-0.15, -0.1) is 11.8 Å². The molecule has 0 saturated carbocycles. The van der Waals surface area contributed by atoms with Crippen LogP contribution in [0.4, 0.5) is 14.5 Å². The number of benzene rings is 2. The van der Waals surface area contributed by atoms with Crippen molar-refractivity contribution in [1.82, 2.24) is 4.98 Å². The minimum absolute atomic E-state index is 0.164. The molecule has 1 aromatic heterocycles. The number of para-hydroxylation sites is 1. The van der Waals surface area contributed by atoms with E-state index in [2.05, 4.69) is 10.3 Å². The van der Waals surface area contributed by atoms with Crippen molar-refractivity contribution in [2.45, 2.75) is 5.75 Å². The maximum absolute atomic E-state index is 13.8. The lowest BCUT2D eigenvalue weighted by atomic mass is 10.1. The fourth-order valence-corrected chi connectivity index (χ4v) is 3.13. The summed E-state index contributed by atoms with van der Waals surface area (Å²) in [6.07, 6.45) is 1.61. The van der Waals surface area contributed by atoms with E-state index in [1.54, 1.807) is 36.5 Å². The smallest absolute Gasteiger partial charge is 0.234 e. The fourth-order valence-electron chi connectivity index (χ4n) is 2.32. The Morgan fingerprint density at radius 3 is 2.71 bits per heavy atom. The average Bonchev–Trinajstić information content (AvgIpc) is 2.59. The van der Waals surface area contributed by atoms with Gasteiger partial charge in [0.05, 0.1) is 17.0 Å². The van der Waals surface area contributed by atoms with Gasteiger partial charge in [-0.1, -0.05) is 18.2 Å². The molecule has 24 heavy (non-hydrogen) atoms. The molecule has 1 amide bonds. The van der Waals surface area contributed by atoms with Gasteiger partial charge in [-0.3, -0.25) is 9.78 Å². The third kappa shape index (κ3) is 3.71. The number of halogens is 2. The summed E-state index contributed by atoms with van der Waals surface area (Å²) in [5.74, 6) is -0.392. The predicted molar refractivity (Wildman–Crippen MR) is 92.9 cm³/mol. The molecule has 122 valence electrons. The Bertz CT molecular complexity index is 886. The van der Waals surface area contributed by atoms with Crippen molar-refractivity contribution in [2.75, 3.05) is 11.1 Å². The first-order valence-electron chi connectivity index (χ1n) is 7.29. The van der Waals surface area contributed by atoms with Crippen LogP contribution in [0.1, 0.15) is 5.56 Å². The average molecular weight is 344 g/mol. The van der Waals surface area contributed by atoms with E-state index in [0.29, 0.717) is 16.7 Å². The number of pyridine rings is 1. The summed E-state index contributed by atoms with van der Waals surface area (Å²) in [5.41, 5.74) is 1.62. The van der Waals surface area contributed by atoms with Gasteiger partial charge in [0.2, 0.25) is 5.91 Å².